The minimum absolute atomic E-state index is 0.0447. The summed E-state index contributed by atoms with van der Waals surface area (Å²) < 4.78 is 10.9. The zero-order chi connectivity index (χ0) is 19.3. The van der Waals surface area contributed by atoms with E-state index < -0.39 is 4.92 Å². The summed E-state index contributed by atoms with van der Waals surface area (Å²) in [7, 11) is 0. The molecule has 0 atom stereocenters. The number of benzene rings is 2. The second-order valence-corrected chi connectivity index (χ2v) is 5.75. The van der Waals surface area contributed by atoms with E-state index in [-0.39, 0.29) is 21.4 Å². The molecule has 0 saturated carbocycles. The first-order valence-electron chi connectivity index (χ1n) is 7.61. The monoisotopic (exact) mass is 398 g/mol. The molecule has 2 rings (SSSR count). The third-order valence-corrected chi connectivity index (χ3v) is 3.77. The zero-order valence-electron chi connectivity index (χ0n) is 14.0. The average Bonchev–Trinajstić information content (AvgIpc) is 2.58. The van der Waals surface area contributed by atoms with Gasteiger partial charge in [0, 0.05) is 18.2 Å². The number of nitrogens with zero attached hydrogens (tertiary/aromatic N) is 3. The van der Waals surface area contributed by atoms with Crippen molar-refractivity contribution in [1.29, 1.82) is 0 Å². The third-order valence-electron chi connectivity index (χ3n) is 3.17. The molecule has 0 spiro atoms. The fraction of sp³-hybridized carbons (Fsp3) is 0.250. The number of hydrogen-bond donors (Lipinski definition) is 1. The third kappa shape index (κ3) is 4.53. The fourth-order valence-corrected chi connectivity index (χ4v) is 2.47. The van der Waals surface area contributed by atoms with Crippen LogP contribution in [0.25, 0.3) is 0 Å². The highest BCUT2D eigenvalue weighted by atomic mass is 35.5. The molecule has 0 aromatic heterocycles. The summed E-state index contributed by atoms with van der Waals surface area (Å²) in [4.78, 5) is 10.2. The summed E-state index contributed by atoms with van der Waals surface area (Å²) >= 11 is 11.9. The summed E-state index contributed by atoms with van der Waals surface area (Å²) in [5.74, 6) is 0.860. The SMILES string of the molecule is CCOc1cc(/N=N/c2cc(Cl)c([N+](=O)[O-])cc2Cl)c(OCC)cc1N. The number of halogens is 2. The van der Waals surface area contributed by atoms with E-state index >= 15 is 0 Å². The van der Waals surface area contributed by atoms with Crippen molar-refractivity contribution < 1.29 is 14.4 Å². The number of hydrogen-bond acceptors (Lipinski definition) is 7. The Morgan fingerprint density at radius 3 is 2.23 bits per heavy atom. The average molecular weight is 399 g/mol. The Labute approximate surface area is 159 Å². The predicted molar refractivity (Wildman–Crippen MR) is 100 cm³/mol. The van der Waals surface area contributed by atoms with E-state index in [4.69, 9.17) is 38.4 Å². The molecule has 0 bridgehead atoms. The van der Waals surface area contributed by atoms with Crippen LogP contribution in [0.15, 0.2) is 34.5 Å². The van der Waals surface area contributed by atoms with Crippen LogP contribution in [0.4, 0.5) is 22.7 Å². The van der Waals surface area contributed by atoms with E-state index in [2.05, 4.69) is 10.2 Å². The van der Waals surface area contributed by atoms with Gasteiger partial charge in [0.2, 0.25) is 0 Å². The largest absolute Gasteiger partial charge is 0.492 e. The minimum atomic E-state index is -0.628. The van der Waals surface area contributed by atoms with Gasteiger partial charge in [-0.1, -0.05) is 23.2 Å². The Morgan fingerprint density at radius 1 is 1.00 bits per heavy atom. The van der Waals surface area contributed by atoms with Gasteiger partial charge in [-0.15, -0.1) is 10.2 Å². The van der Waals surface area contributed by atoms with Gasteiger partial charge >= 0.3 is 0 Å². The van der Waals surface area contributed by atoms with Crippen molar-refractivity contribution in [2.24, 2.45) is 10.2 Å². The molecule has 0 radical (unpaired) electrons. The van der Waals surface area contributed by atoms with Crippen LogP contribution in [0.5, 0.6) is 11.5 Å². The molecule has 2 aromatic rings. The van der Waals surface area contributed by atoms with E-state index in [1.165, 1.54) is 6.07 Å². The van der Waals surface area contributed by atoms with Crippen LogP contribution in [0.3, 0.4) is 0 Å². The highest BCUT2D eigenvalue weighted by Crippen LogP contribution is 2.40. The molecule has 10 heteroatoms. The lowest BCUT2D eigenvalue weighted by atomic mass is 10.2. The molecule has 138 valence electrons. The molecular formula is C16H16Cl2N4O4. The van der Waals surface area contributed by atoms with Crippen molar-refractivity contribution in [3.05, 3.63) is 44.4 Å². The predicted octanol–water partition coefficient (Wildman–Crippen LogP) is 5.70. The van der Waals surface area contributed by atoms with Gasteiger partial charge in [-0.2, -0.15) is 0 Å². The van der Waals surface area contributed by atoms with Crippen LogP contribution in [0.2, 0.25) is 10.0 Å². The summed E-state index contributed by atoms with van der Waals surface area (Å²) in [6, 6.07) is 5.57. The van der Waals surface area contributed by atoms with Gasteiger partial charge in [0.05, 0.1) is 28.8 Å². The van der Waals surface area contributed by atoms with Crippen LogP contribution in [0.1, 0.15) is 13.8 Å². The summed E-state index contributed by atoms with van der Waals surface area (Å²) in [6.07, 6.45) is 0. The van der Waals surface area contributed by atoms with Gasteiger partial charge in [-0.3, -0.25) is 10.1 Å². The first-order chi connectivity index (χ1) is 12.4. The van der Waals surface area contributed by atoms with Gasteiger partial charge in [-0.25, -0.2) is 0 Å². The van der Waals surface area contributed by atoms with Crippen molar-refractivity contribution >= 4 is 46.0 Å². The first kappa shape index (κ1) is 19.7. The molecule has 0 aliphatic carbocycles. The lowest BCUT2D eigenvalue weighted by molar-refractivity contribution is -0.384. The summed E-state index contributed by atoms with van der Waals surface area (Å²) in [5.41, 5.74) is 6.57. The highest BCUT2D eigenvalue weighted by molar-refractivity contribution is 6.36. The number of nitrogen functional groups attached to an aromatic ring is 1. The van der Waals surface area contributed by atoms with E-state index in [0.29, 0.717) is 36.1 Å². The van der Waals surface area contributed by atoms with Crippen molar-refractivity contribution in [1.82, 2.24) is 0 Å². The van der Waals surface area contributed by atoms with Crippen LogP contribution in [0, 0.1) is 10.1 Å². The van der Waals surface area contributed by atoms with Crippen LogP contribution in [-0.4, -0.2) is 18.1 Å². The number of nitro benzene ring substituents is 1. The van der Waals surface area contributed by atoms with Crippen molar-refractivity contribution in [2.75, 3.05) is 18.9 Å². The lowest BCUT2D eigenvalue weighted by Gasteiger charge is -2.11. The molecule has 0 fully saturated rings. The normalized spacial score (nSPS) is 10.9. The van der Waals surface area contributed by atoms with Crippen LogP contribution >= 0.6 is 23.2 Å². The first-order valence-corrected chi connectivity index (χ1v) is 8.37. The van der Waals surface area contributed by atoms with E-state index in [1.807, 2.05) is 13.8 Å². The minimum Gasteiger partial charge on any atom is -0.492 e. The maximum atomic E-state index is 10.9. The molecule has 0 amide bonds. The Bertz CT molecular complexity index is 859. The quantitative estimate of drug-likeness (QED) is 0.278. The molecule has 2 aromatic carbocycles. The Morgan fingerprint density at radius 2 is 1.62 bits per heavy atom. The molecule has 2 N–H and O–H groups in total. The van der Waals surface area contributed by atoms with Gasteiger partial charge < -0.3 is 15.2 Å². The number of rotatable bonds is 7. The lowest BCUT2D eigenvalue weighted by Crippen LogP contribution is -1.99. The number of ether oxygens (including phenoxy) is 2. The van der Waals surface area contributed by atoms with E-state index in [0.717, 1.165) is 6.07 Å². The van der Waals surface area contributed by atoms with Crippen LogP contribution < -0.4 is 15.2 Å². The summed E-state index contributed by atoms with van der Waals surface area (Å²) in [5, 5.41) is 19.0. The fourth-order valence-electron chi connectivity index (χ4n) is 2.04. The van der Waals surface area contributed by atoms with Gasteiger partial charge in [0.25, 0.3) is 5.69 Å². The maximum Gasteiger partial charge on any atom is 0.289 e. The highest BCUT2D eigenvalue weighted by Gasteiger charge is 2.16. The van der Waals surface area contributed by atoms with E-state index in [9.17, 15) is 10.1 Å². The molecule has 0 aliphatic heterocycles. The molecule has 0 aliphatic rings. The van der Waals surface area contributed by atoms with Crippen molar-refractivity contribution in [3.63, 3.8) is 0 Å². The number of nitro groups is 1. The van der Waals surface area contributed by atoms with Gasteiger partial charge in [-0.05, 0) is 19.9 Å². The Kier molecular flexibility index (Phi) is 6.59. The molecule has 26 heavy (non-hydrogen) atoms. The zero-order valence-corrected chi connectivity index (χ0v) is 15.5. The van der Waals surface area contributed by atoms with Crippen molar-refractivity contribution in [2.45, 2.75) is 13.8 Å². The Balaban J connectivity index is 2.44. The second-order valence-electron chi connectivity index (χ2n) is 4.94. The standard InChI is InChI=1S/C16H16Cl2N4O4/c1-3-25-15-8-13(16(26-4-2)7-11(15)19)21-20-12-5-10(18)14(22(23)24)6-9(12)17/h5-8H,3-4,19H2,1-2H3/b21-20+. The van der Waals surface area contributed by atoms with Gasteiger partial charge in [0.1, 0.15) is 27.9 Å². The maximum absolute atomic E-state index is 10.9. The van der Waals surface area contributed by atoms with Crippen molar-refractivity contribution in [3.8, 4) is 11.5 Å². The molecule has 0 heterocycles. The van der Waals surface area contributed by atoms with E-state index in [1.54, 1.807) is 12.1 Å². The molecule has 0 saturated heterocycles. The molecular weight excluding hydrogens is 383 g/mol. The number of azo groups is 1. The van der Waals surface area contributed by atoms with Crippen LogP contribution in [-0.2, 0) is 0 Å². The Hall–Kier alpha value is -2.58. The molecule has 0 unspecified atom stereocenters. The number of nitrogens with two attached hydrogens (primary N) is 1. The van der Waals surface area contributed by atoms with Gasteiger partial charge in [0.15, 0.2) is 0 Å². The second kappa shape index (κ2) is 8.68. The topological polar surface area (TPSA) is 112 Å². The molecule has 8 nitrogen and oxygen atoms in total. The smallest absolute Gasteiger partial charge is 0.289 e. The number of anilines is 1. The summed E-state index contributed by atoms with van der Waals surface area (Å²) in [6.45, 7) is 4.48.